The van der Waals surface area contributed by atoms with Gasteiger partial charge in [0.1, 0.15) is 0 Å². The highest BCUT2D eigenvalue weighted by atomic mass is 16.5. The van der Waals surface area contributed by atoms with Crippen molar-refractivity contribution < 1.29 is 9.47 Å². The monoisotopic (exact) mass is 223 g/mol. The highest BCUT2D eigenvalue weighted by molar-refractivity contribution is 5.77. The van der Waals surface area contributed by atoms with Crippen molar-refractivity contribution in [2.24, 2.45) is 0 Å². The van der Waals surface area contributed by atoms with Gasteiger partial charge in [0.15, 0.2) is 11.2 Å². The van der Waals surface area contributed by atoms with Crippen molar-refractivity contribution >= 4 is 17.1 Å². The van der Waals surface area contributed by atoms with E-state index in [2.05, 4.69) is 15.0 Å². The van der Waals surface area contributed by atoms with Gasteiger partial charge < -0.3 is 19.8 Å². The lowest BCUT2D eigenvalue weighted by molar-refractivity contribution is 0.188. The van der Waals surface area contributed by atoms with E-state index in [4.69, 9.17) is 15.2 Å². The minimum absolute atomic E-state index is 0.170. The Morgan fingerprint density at radius 2 is 2.19 bits per heavy atom. The number of hydrogen-bond acceptors (Lipinski definition) is 6. The number of aromatic nitrogens is 4. The molecular weight excluding hydrogens is 210 g/mol. The molecule has 86 valence electrons. The van der Waals surface area contributed by atoms with Gasteiger partial charge in [0, 0.05) is 13.7 Å². The summed E-state index contributed by atoms with van der Waals surface area (Å²) in [5.74, 6) is 0.558. The standard InChI is InChI=1S/C9H13N5O2/c1-15-4-3-14-5-11-6-7(14)12-9(10)13-8(6)16-2/h5H,3-4H2,1-2H3,(H2,10,12,13). The van der Waals surface area contributed by atoms with Crippen molar-refractivity contribution in [2.75, 3.05) is 26.6 Å². The Balaban J connectivity index is 2.49. The average Bonchev–Trinajstić information content (AvgIpc) is 2.68. The van der Waals surface area contributed by atoms with E-state index in [1.54, 1.807) is 13.4 Å². The minimum atomic E-state index is 0.170. The van der Waals surface area contributed by atoms with Gasteiger partial charge in [-0.25, -0.2) is 4.98 Å². The highest BCUT2D eigenvalue weighted by Crippen LogP contribution is 2.21. The molecule has 2 aromatic rings. The van der Waals surface area contributed by atoms with Crippen LogP contribution < -0.4 is 10.5 Å². The Morgan fingerprint density at radius 3 is 2.88 bits per heavy atom. The second-order valence-electron chi connectivity index (χ2n) is 3.19. The number of methoxy groups -OCH3 is 2. The molecule has 0 unspecified atom stereocenters. The molecule has 2 heterocycles. The summed E-state index contributed by atoms with van der Waals surface area (Å²) < 4.78 is 11.9. The van der Waals surface area contributed by atoms with Crippen LogP contribution in [0.25, 0.3) is 11.2 Å². The molecule has 2 rings (SSSR count). The van der Waals surface area contributed by atoms with Gasteiger partial charge in [0.2, 0.25) is 11.8 Å². The van der Waals surface area contributed by atoms with E-state index in [9.17, 15) is 0 Å². The quantitative estimate of drug-likeness (QED) is 0.788. The Labute approximate surface area is 92.2 Å². The third kappa shape index (κ3) is 1.76. The van der Waals surface area contributed by atoms with Crippen molar-refractivity contribution in [2.45, 2.75) is 6.54 Å². The zero-order valence-corrected chi connectivity index (χ0v) is 9.17. The molecule has 0 atom stereocenters. The number of nitrogens with zero attached hydrogens (tertiary/aromatic N) is 4. The summed E-state index contributed by atoms with van der Waals surface area (Å²) >= 11 is 0. The Morgan fingerprint density at radius 1 is 1.38 bits per heavy atom. The largest absolute Gasteiger partial charge is 0.479 e. The lowest BCUT2D eigenvalue weighted by Gasteiger charge is -2.04. The van der Waals surface area contributed by atoms with E-state index >= 15 is 0 Å². The highest BCUT2D eigenvalue weighted by Gasteiger charge is 2.12. The van der Waals surface area contributed by atoms with Crippen LogP contribution in [0, 0.1) is 0 Å². The summed E-state index contributed by atoms with van der Waals surface area (Å²) in [4.78, 5) is 12.3. The molecule has 16 heavy (non-hydrogen) atoms. The third-order valence-corrected chi connectivity index (χ3v) is 2.18. The first-order valence-electron chi connectivity index (χ1n) is 4.77. The van der Waals surface area contributed by atoms with Crippen LogP contribution >= 0.6 is 0 Å². The molecule has 0 aliphatic rings. The van der Waals surface area contributed by atoms with Crippen molar-refractivity contribution in [1.82, 2.24) is 19.5 Å². The number of nitrogens with two attached hydrogens (primary N) is 1. The lowest BCUT2D eigenvalue weighted by Crippen LogP contribution is -2.05. The van der Waals surface area contributed by atoms with Crippen molar-refractivity contribution in [1.29, 1.82) is 0 Å². The maximum atomic E-state index is 5.58. The second kappa shape index (κ2) is 4.31. The van der Waals surface area contributed by atoms with Gasteiger partial charge in [0.25, 0.3) is 0 Å². The van der Waals surface area contributed by atoms with E-state index in [0.29, 0.717) is 30.2 Å². The van der Waals surface area contributed by atoms with Crippen molar-refractivity contribution in [3.05, 3.63) is 6.33 Å². The number of anilines is 1. The average molecular weight is 223 g/mol. The molecular formula is C9H13N5O2. The summed E-state index contributed by atoms with van der Waals surface area (Å²) in [6.45, 7) is 1.24. The Kier molecular flexibility index (Phi) is 2.86. The van der Waals surface area contributed by atoms with Gasteiger partial charge in [-0.05, 0) is 0 Å². The molecule has 0 aliphatic heterocycles. The van der Waals surface area contributed by atoms with Gasteiger partial charge in [-0.1, -0.05) is 0 Å². The van der Waals surface area contributed by atoms with Crippen LogP contribution in [-0.4, -0.2) is 40.3 Å². The number of ether oxygens (including phenoxy) is 2. The molecule has 0 aliphatic carbocycles. The Hall–Kier alpha value is -1.89. The number of nitrogen functional groups attached to an aromatic ring is 1. The minimum Gasteiger partial charge on any atom is -0.479 e. The second-order valence-corrected chi connectivity index (χ2v) is 3.19. The third-order valence-electron chi connectivity index (χ3n) is 2.18. The van der Waals surface area contributed by atoms with E-state index in [1.807, 2.05) is 4.57 Å². The summed E-state index contributed by atoms with van der Waals surface area (Å²) in [5, 5.41) is 0. The first kappa shape index (κ1) is 10.6. The summed E-state index contributed by atoms with van der Waals surface area (Å²) in [6.07, 6.45) is 1.67. The van der Waals surface area contributed by atoms with Gasteiger partial charge in [-0.15, -0.1) is 0 Å². The first-order chi connectivity index (χ1) is 7.76. The fraction of sp³-hybridized carbons (Fsp3) is 0.444. The maximum absolute atomic E-state index is 5.58. The predicted molar refractivity (Wildman–Crippen MR) is 58.2 cm³/mol. The van der Waals surface area contributed by atoms with E-state index in [0.717, 1.165) is 0 Å². The maximum Gasteiger partial charge on any atom is 0.246 e. The zero-order valence-electron chi connectivity index (χ0n) is 9.17. The van der Waals surface area contributed by atoms with Crippen LogP contribution in [0.3, 0.4) is 0 Å². The molecule has 7 heteroatoms. The van der Waals surface area contributed by atoms with Crippen LogP contribution in [0.4, 0.5) is 5.95 Å². The lowest BCUT2D eigenvalue weighted by atomic mass is 10.5. The fourth-order valence-electron chi connectivity index (χ4n) is 1.43. The molecule has 0 spiro atoms. The van der Waals surface area contributed by atoms with Crippen LogP contribution in [-0.2, 0) is 11.3 Å². The molecule has 0 aromatic carbocycles. The fourth-order valence-corrected chi connectivity index (χ4v) is 1.43. The van der Waals surface area contributed by atoms with E-state index < -0.39 is 0 Å². The van der Waals surface area contributed by atoms with Crippen LogP contribution in [0.1, 0.15) is 0 Å². The van der Waals surface area contributed by atoms with Gasteiger partial charge in [-0.2, -0.15) is 9.97 Å². The number of imidazole rings is 1. The molecule has 0 fully saturated rings. The van der Waals surface area contributed by atoms with Gasteiger partial charge in [-0.3, -0.25) is 0 Å². The molecule has 0 saturated heterocycles. The summed E-state index contributed by atoms with van der Waals surface area (Å²) in [6, 6.07) is 0. The van der Waals surface area contributed by atoms with Crippen LogP contribution in [0.15, 0.2) is 6.33 Å². The van der Waals surface area contributed by atoms with Crippen molar-refractivity contribution in [3.63, 3.8) is 0 Å². The number of fused-ring (bicyclic) bond motifs is 1. The molecule has 0 radical (unpaired) electrons. The molecule has 0 amide bonds. The first-order valence-corrected chi connectivity index (χ1v) is 4.77. The van der Waals surface area contributed by atoms with Crippen molar-refractivity contribution in [3.8, 4) is 5.88 Å². The number of rotatable bonds is 4. The molecule has 2 aromatic heterocycles. The van der Waals surface area contributed by atoms with E-state index in [-0.39, 0.29) is 5.95 Å². The molecule has 7 nitrogen and oxygen atoms in total. The number of hydrogen-bond donors (Lipinski definition) is 1. The SMILES string of the molecule is COCCn1cnc2c(OC)nc(N)nc21. The molecule has 0 bridgehead atoms. The van der Waals surface area contributed by atoms with Gasteiger partial charge in [0.05, 0.1) is 20.0 Å². The normalized spacial score (nSPS) is 10.9. The smallest absolute Gasteiger partial charge is 0.246 e. The van der Waals surface area contributed by atoms with Crippen LogP contribution in [0.5, 0.6) is 5.88 Å². The zero-order chi connectivity index (χ0) is 11.5. The topological polar surface area (TPSA) is 88.1 Å². The molecule has 0 saturated carbocycles. The van der Waals surface area contributed by atoms with Crippen LogP contribution in [0.2, 0.25) is 0 Å². The Bertz CT molecular complexity index is 496. The van der Waals surface area contributed by atoms with E-state index in [1.165, 1.54) is 7.11 Å². The summed E-state index contributed by atoms with van der Waals surface area (Å²) in [5.41, 5.74) is 6.84. The summed E-state index contributed by atoms with van der Waals surface area (Å²) in [7, 11) is 3.17. The van der Waals surface area contributed by atoms with Gasteiger partial charge >= 0.3 is 0 Å². The predicted octanol–water partition coefficient (Wildman–Crippen LogP) is 0.0635. The molecule has 2 N–H and O–H groups in total.